The van der Waals surface area contributed by atoms with Crippen molar-refractivity contribution in [3.05, 3.63) is 90.5 Å². The fourth-order valence-electron chi connectivity index (χ4n) is 3.85. The smallest absolute Gasteiger partial charge is 0.254 e. The van der Waals surface area contributed by atoms with Crippen molar-refractivity contribution in [1.82, 2.24) is 4.90 Å². The molecule has 0 bridgehead atoms. The Morgan fingerprint density at radius 3 is 2.24 bits per heavy atom. The van der Waals surface area contributed by atoms with E-state index in [1.807, 2.05) is 89.8 Å². The molecule has 1 heterocycles. The minimum Gasteiger partial charge on any atom is -0.338 e. The lowest BCUT2D eigenvalue weighted by Gasteiger charge is -2.32. The maximum absolute atomic E-state index is 13.3. The van der Waals surface area contributed by atoms with Crippen LogP contribution in [0, 0.1) is 5.92 Å². The van der Waals surface area contributed by atoms with Crippen molar-refractivity contribution in [2.24, 2.45) is 5.92 Å². The van der Waals surface area contributed by atoms with Gasteiger partial charge in [-0.15, -0.1) is 0 Å². The van der Waals surface area contributed by atoms with Gasteiger partial charge in [0.05, 0.1) is 5.92 Å². The predicted octanol–water partition coefficient (Wildman–Crippen LogP) is 4.84. The monoisotopic (exact) mass is 384 g/mol. The molecule has 1 aliphatic rings. The summed E-state index contributed by atoms with van der Waals surface area (Å²) in [5, 5.41) is 2.97. The van der Waals surface area contributed by atoms with Crippen LogP contribution in [-0.2, 0) is 4.79 Å². The molecule has 1 saturated heterocycles. The Morgan fingerprint density at radius 2 is 1.48 bits per heavy atom. The van der Waals surface area contributed by atoms with Crippen molar-refractivity contribution >= 4 is 17.5 Å². The number of carbonyl (C=O) groups is 2. The molecule has 29 heavy (non-hydrogen) atoms. The lowest BCUT2D eigenvalue weighted by Crippen LogP contribution is -2.43. The minimum atomic E-state index is -0.197. The molecule has 0 radical (unpaired) electrons. The first-order valence-corrected chi connectivity index (χ1v) is 10.0. The second-order valence-electron chi connectivity index (χ2n) is 7.36. The fraction of sp³-hybridized carbons (Fsp3) is 0.200. The summed E-state index contributed by atoms with van der Waals surface area (Å²) in [4.78, 5) is 27.8. The van der Waals surface area contributed by atoms with Gasteiger partial charge in [0.15, 0.2) is 0 Å². The molecule has 0 spiro atoms. The first-order chi connectivity index (χ1) is 14.2. The first-order valence-electron chi connectivity index (χ1n) is 10.0. The van der Waals surface area contributed by atoms with Crippen molar-refractivity contribution in [2.45, 2.75) is 12.8 Å². The van der Waals surface area contributed by atoms with Crippen LogP contribution in [0.1, 0.15) is 23.2 Å². The van der Waals surface area contributed by atoms with Gasteiger partial charge < -0.3 is 10.2 Å². The molecule has 0 aliphatic carbocycles. The second kappa shape index (κ2) is 8.74. The molecule has 0 aromatic heterocycles. The van der Waals surface area contributed by atoms with E-state index in [4.69, 9.17) is 0 Å². The standard InChI is InChI=1S/C25H24N2O2/c28-24(26-21-13-5-2-6-14-21)20-12-9-17-27(18-20)25(29)23-16-8-7-15-22(23)19-10-3-1-4-11-19/h1-8,10-11,13-16,20H,9,12,17-18H2,(H,26,28). The van der Waals surface area contributed by atoms with Crippen molar-refractivity contribution in [1.29, 1.82) is 0 Å². The summed E-state index contributed by atoms with van der Waals surface area (Å²) in [6.07, 6.45) is 1.62. The van der Waals surface area contributed by atoms with E-state index in [0.29, 0.717) is 18.7 Å². The number of hydrogen-bond acceptors (Lipinski definition) is 2. The third-order valence-corrected chi connectivity index (χ3v) is 5.36. The Labute approximate surface area is 171 Å². The van der Waals surface area contributed by atoms with Crippen LogP contribution in [0.2, 0.25) is 0 Å². The van der Waals surface area contributed by atoms with Crippen LogP contribution in [0.4, 0.5) is 5.69 Å². The SMILES string of the molecule is O=C(Nc1ccccc1)C1CCCN(C(=O)c2ccccc2-c2ccccc2)C1. The normalized spacial score (nSPS) is 16.3. The van der Waals surface area contributed by atoms with Crippen molar-refractivity contribution < 1.29 is 9.59 Å². The Hall–Kier alpha value is -3.40. The molecule has 1 fully saturated rings. The summed E-state index contributed by atoms with van der Waals surface area (Å²) in [7, 11) is 0. The van der Waals surface area contributed by atoms with Crippen LogP contribution in [0.3, 0.4) is 0 Å². The van der Waals surface area contributed by atoms with Gasteiger partial charge in [-0.05, 0) is 42.2 Å². The zero-order valence-corrected chi connectivity index (χ0v) is 16.3. The van der Waals surface area contributed by atoms with Crippen molar-refractivity contribution in [2.75, 3.05) is 18.4 Å². The topological polar surface area (TPSA) is 49.4 Å². The summed E-state index contributed by atoms with van der Waals surface area (Å²) in [6.45, 7) is 1.12. The average Bonchev–Trinajstić information content (AvgIpc) is 2.80. The molecule has 3 aromatic rings. The third kappa shape index (κ3) is 4.37. The number of benzene rings is 3. The highest BCUT2D eigenvalue weighted by Gasteiger charge is 2.29. The van der Waals surface area contributed by atoms with Gasteiger partial charge in [0.25, 0.3) is 5.91 Å². The van der Waals surface area contributed by atoms with Gasteiger partial charge in [-0.3, -0.25) is 9.59 Å². The zero-order valence-electron chi connectivity index (χ0n) is 16.3. The molecule has 1 N–H and O–H groups in total. The maximum atomic E-state index is 13.3. The number of likely N-dealkylation sites (tertiary alicyclic amines) is 1. The molecule has 4 heteroatoms. The number of amides is 2. The predicted molar refractivity (Wildman–Crippen MR) is 116 cm³/mol. The third-order valence-electron chi connectivity index (χ3n) is 5.36. The van der Waals surface area contributed by atoms with Gasteiger partial charge in [0.1, 0.15) is 0 Å². The summed E-state index contributed by atoms with van der Waals surface area (Å²) < 4.78 is 0. The quantitative estimate of drug-likeness (QED) is 0.699. The molecular formula is C25H24N2O2. The minimum absolute atomic E-state index is 0.0123. The van der Waals surface area contributed by atoms with E-state index in [0.717, 1.165) is 29.7 Å². The Morgan fingerprint density at radius 1 is 0.828 bits per heavy atom. The van der Waals surface area contributed by atoms with Gasteiger partial charge >= 0.3 is 0 Å². The largest absolute Gasteiger partial charge is 0.338 e. The van der Waals surface area contributed by atoms with Gasteiger partial charge in [-0.25, -0.2) is 0 Å². The number of nitrogens with zero attached hydrogens (tertiary/aromatic N) is 1. The van der Waals surface area contributed by atoms with E-state index >= 15 is 0 Å². The highest BCUT2D eigenvalue weighted by Crippen LogP contribution is 2.27. The number of nitrogens with one attached hydrogen (secondary N) is 1. The van der Waals surface area contributed by atoms with Crippen LogP contribution in [-0.4, -0.2) is 29.8 Å². The molecular weight excluding hydrogens is 360 g/mol. The Kier molecular flexibility index (Phi) is 5.71. The highest BCUT2D eigenvalue weighted by molar-refractivity contribution is 6.01. The first kappa shape index (κ1) is 18.9. The Balaban J connectivity index is 1.51. The van der Waals surface area contributed by atoms with Crippen molar-refractivity contribution in [3.63, 3.8) is 0 Å². The molecule has 1 atom stereocenters. The van der Waals surface area contributed by atoms with Crippen LogP contribution < -0.4 is 5.32 Å². The maximum Gasteiger partial charge on any atom is 0.254 e. The number of para-hydroxylation sites is 1. The second-order valence-corrected chi connectivity index (χ2v) is 7.36. The molecule has 0 saturated carbocycles. The van der Waals surface area contributed by atoms with Gasteiger partial charge in [-0.2, -0.15) is 0 Å². The highest BCUT2D eigenvalue weighted by atomic mass is 16.2. The lowest BCUT2D eigenvalue weighted by atomic mass is 9.94. The summed E-state index contributed by atoms with van der Waals surface area (Å²) in [5.41, 5.74) is 3.42. The number of hydrogen-bond donors (Lipinski definition) is 1. The van der Waals surface area contributed by atoms with E-state index in [1.165, 1.54) is 0 Å². The zero-order chi connectivity index (χ0) is 20.1. The van der Waals surface area contributed by atoms with E-state index < -0.39 is 0 Å². The van der Waals surface area contributed by atoms with Crippen molar-refractivity contribution in [3.8, 4) is 11.1 Å². The van der Waals surface area contributed by atoms with Crippen LogP contribution in [0.15, 0.2) is 84.9 Å². The molecule has 2 amide bonds. The number of piperidine rings is 1. The van der Waals surface area contributed by atoms with Crippen LogP contribution in [0.25, 0.3) is 11.1 Å². The molecule has 4 nitrogen and oxygen atoms in total. The van der Waals surface area contributed by atoms with Gasteiger partial charge in [0.2, 0.25) is 5.91 Å². The number of anilines is 1. The molecule has 3 aromatic carbocycles. The number of rotatable bonds is 4. The van der Waals surface area contributed by atoms with E-state index in [9.17, 15) is 9.59 Å². The molecule has 4 rings (SSSR count). The number of carbonyl (C=O) groups excluding carboxylic acids is 2. The average molecular weight is 384 g/mol. The van der Waals surface area contributed by atoms with E-state index in [-0.39, 0.29) is 17.7 Å². The van der Waals surface area contributed by atoms with Crippen LogP contribution in [0.5, 0.6) is 0 Å². The van der Waals surface area contributed by atoms with Crippen LogP contribution >= 0.6 is 0 Å². The van der Waals surface area contributed by atoms with E-state index in [1.54, 1.807) is 0 Å². The summed E-state index contributed by atoms with van der Waals surface area (Å²) in [5.74, 6) is -0.233. The fourth-order valence-corrected chi connectivity index (χ4v) is 3.85. The summed E-state index contributed by atoms with van der Waals surface area (Å²) in [6, 6.07) is 27.1. The summed E-state index contributed by atoms with van der Waals surface area (Å²) >= 11 is 0. The van der Waals surface area contributed by atoms with E-state index in [2.05, 4.69) is 5.32 Å². The lowest BCUT2D eigenvalue weighted by molar-refractivity contribution is -0.121. The van der Waals surface area contributed by atoms with Gasteiger partial charge in [-0.1, -0.05) is 66.7 Å². The molecule has 1 unspecified atom stereocenters. The molecule has 146 valence electrons. The molecule has 1 aliphatic heterocycles. The van der Waals surface area contributed by atoms with Gasteiger partial charge in [0, 0.05) is 24.3 Å². The Bertz CT molecular complexity index is 986.